The van der Waals surface area contributed by atoms with Crippen molar-refractivity contribution in [1.82, 2.24) is 0 Å². The van der Waals surface area contributed by atoms with Crippen LogP contribution in [-0.2, 0) is 0 Å². The van der Waals surface area contributed by atoms with Gasteiger partial charge in [-0.2, -0.15) is 0 Å². The van der Waals surface area contributed by atoms with Gasteiger partial charge in [0, 0.05) is 0 Å². The Balaban J connectivity index is 4.39. The molecule has 0 rings (SSSR count). The van der Waals surface area contributed by atoms with Crippen LogP contribution in [-0.4, -0.2) is 27.9 Å². The van der Waals surface area contributed by atoms with Crippen LogP contribution < -0.4 is 0 Å². The quantitative estimate of drug-likeness (QED) is 0.375. The van der Waals surface area contributed by atoms with E-state index in [1.165, 1.54) is 44.3 Å². The van der Waals surface area contributed by atoms with E-state index >= 15 is 0 Å². The Bertz CT molecular complexity index is 121. The van der Waals surface area contributed by atoms with E-state index in [9.17, 15) is 0 Å². The Kier molecular flexibility index (Phi) is 13.0. The van der Waals surface area contributed by atoms with Crippen molar-refractivity contribution in [3.63, 3.8) is 0 Å². The summed E-state index contributed by atoms with van der Waals surface area (Å²) in [4.78, 5) is 0. The van der Waals surface area contributed by atoms with E-state index in [1.54, 1.807) is 17.1 Å². The van der Waals surface area contributed by atoms with Crippen molar-refractivity contribution in [2.24, 2.45) is 0 Å². The van der Waals surface area contributed by atoms with Crippen LogP contribution in [0.1, 0.15) is 66.2 Å². The molecule has 0 saturated carbocycles. The molecule has 0 nitrogen and oxygen atoms in total. The van der Waals surface area contributed by atoms with Crippen LogP contribution in [0.3, 0.4) is 0 Å². The van der Waals surface area contributed by atoms with Gasteiger partial charge in [0.15, 0.2) is 0 Å². The molecule has 0 unspecified atom stereocenters. The van der Waals surface area contributed by atoms with Gasteiger partial charge >= 0.3 is 119 Å². The van der Waals surface area contributed by atoms with Gasteiger partial charge in [0.05, 0.1) is 0 Å². The number of unbranched alkanes of at least 4 members (excludes halogenated alkanes) is 3. The molecule has 0 atom stereocenters. The van der Waals surface area contributed by atoms with E-state index in [4.69, 9.17) is 0 Å². The molecular formula is C15H34SSn. The molecule has 0 aliphatic carbocycles. The second-order valence-corrected chi connectivity index (χ2v) is 22.0. The Morgan fingerprint density at radius 2 is 1.12 bits per heavy atom. The third-order valence-corrected chi connectivity index (χ3v) is 24.1. The summed E-state index contributed by atoms with van der Waals surface area (Å²) in [6, 6.07) is 0. The first-order valence-electron chi connectivity index (χ1n) is 7.82. The first-order chi connectivity index (χ1) is 8.24. The van der Waals surface area contributed by atoms with E-state index in [0.29, 0.717) is 0 Å². The molecule has 0 spiro atoms. The second kappa shape index (κ2) is 12.2. The van der Waals surface area contributed by atoms with Crippen LogP contribution in [0.15, 0.2) is 0 Å². The zero-order valence-electron chi connectivity index (χ0n) is 12.7. The Morgan fingerprint density at radius 3 is 1.41 bits per heavy atom. The molecule has 0 fully saturated rings. The summed E-state index contributed by atoms with van der Waals surface area (Å²) in [7, 11) is 0. The van der Waals surface area contributed by atoms with Crippen LogP contribution in [0.5, 0.6) is 0 Å². The van der Waals surface area contributed by atoms with Gasteiger partial charge in [-0.15, -0.1) is 0 Å². The van der Waals surface area contributed by atoms with Gasteiger partial charge in [-0.3, -0.25) is 0 Å². The Morgan fingerprint density at radius 1 is 0.706 bits per heavy atom. The number of thioether (sulfide) groups is 1. The van der Waals surface area contributed by atoms with E-state index in [0.717, 1.165) is 0 Å². The van der Waals surface area contributed by atoms with Gasteiger partial charge in [-0.1, -0.05) is 0 Å². The molecule has 104 valence electrons. The summed E-state index contributed by atoms with van der Waals surface area (Å²) >= 11 is 0.531. The maximum atomic E-state index is 2.36. The van der Waals surface area contributed by atoms with Gasteiger partial charge in [0.25, 0.3) is 0 Å². The molecule has 0 aromatic heterocycles. The molecule has 0 aliphatic heterocycles. The zero-order valence-corrected chi connectivity index (χ0v) is 16.4. The predicted molar refractivity (Wildman–Crippen MR) is 87.9 cm³/mol. The van der Waals surface area contributed by atoms with Crippen molar-refractivity contribution < 1.29 is 0 Å². The molecule has 0 radical (unpaired) electrons. The molecule has 0 amide bonds. The average Bonchev–Trinajstić information content (AvgIpc) is 2.37. The third-order valence-electron chi connectivity index (χ3n) is 3.79. The molecule has 0 aromatic rings. The molecule has 0 saturated heterocycles. The topological polar surface area (TPSA) is 0 Å². The fraction of sp³-hybridized carbons (Fsp3) is 1.00. The van der Waals surface area contributed by atoms with E-state index in [2.05, 4.69) is 39.5 Å². The SMILES string of the molecule is CCC[CH2][Sn]([CH2]CCC)([CH2]CCC)[CH2]SCC. The predicted octanol–water partition coefficient (Wildman–Crippen LogP) is 6.13. The van der Waals surface area contributed by atoms with Crippen LogP contribution >= 0.6 is 11.8 Å². The molecule has 2 heteroatoms. The van der Waals surface area contributed by atoms with Gasteiger partial charge in [0.2, 0.25) is 0 Å². The van der Waals surface area contributed by atoms with Crippen LogP contribution in [0.25, 0.3) is 0 Å². The first-order valence-corrected chi connectivity index (χ1v) is 17.0. The fourth-order valence-corrected chi connectivity index (χ4v) is 24.4. The number of hydrogen-bond acceptors (Lipinski definition) is 1. The summed E-state index contributed by atoms with van der Waals surface area (Å²) in [6.07, 6.45) is 8.80. The average molecular weight is 365 g/mol. The maximum absolute atomic E-state index is 2.36. The molecular weight excluding hydrogens is 331 g/mol. The third kappa shape index (κ3) is 8.80. The summed E-state index contributed by atoms with van der Waals surface area (Å²) in [6.45, 7) is 9.43. The molecule has 0 aliphatic rings. The van der Waals surface area contributed by atoms with Crippen molar-refractivity contribution in [1.29, 1.82) is 0 Å². The summed E-state index contributed by atoms with van der Waals surface area (Å²) in [5, 5.41) is 0. The van der Waals surface area contributed by atoms with Crippen LogP contribution in [0.4, 0.5) is 0 Å². The number of rotatable bonds is 12. The minimum absolute atomic E-state index is 1.34. The zero-order chi connectivity index (χ0) is 13.0. The van der Waals surface area contributed by atoms with Crippen LogP contribution in [0.2, 0.25) is 13.3 Å². The molecule has 0 bridgehead atoms. The minimum atomic E-state index is -1.73. The second-order valence-electron chi connectivity index (χ2n) is 5.45. The van der Waals surface area contributed by atoms with Crippen molar-refractivity contribution in [3.8, 4) is 0 Å². The van der Waals surface area contributed by atoms with Gasteiger partial charge < -0.3 is 0 Å². The molecule has 0 N–H and O–H groups in total. The summed E-state index contributed by atoms with van der Waals surface area (Å²) in [5.74, 6) is 1.34. The van der Waals surface area contributed by atoms with Crippen molar-refractivity contribution >= 4 is 30.1 Å². The van der Waals surface area contributed by atoms with Gasteiger partial charge in [-0.05, 0) is 0 Å². The van der Waals surface area contributed by atoms with Gasteiger partial charge in [-0.25, -0.2) is 0 Å². The summed E-state index contributed by atoms with van der Waals surface area (Å²) in [5.41, 5.74) is 0. The number of hydrogen-bond donors (Lipinski definition) is 0. The van der Waals surface area contributed by atoms with E-state index in [1.807, 2.05) is 0 Å². The van der Waals surface area contributed by atoms with Crippen molar-refractivity contribution in [2.45, 2.75) is 79.5 Å². The van der Waals surface area contributed by atoms with E-state index < -0.39 is 18.4 Å². The molecule has 0 aromatic carbocycles. The molecule has 17 heavy (non-hydrogen) atoms. The Hall–Kier alpha value is 1.15. The van der Waals surface area contributed by atoms with Crippen molar-refractivity contribution in [3.05, 3.63) is 0 Å². The normalized spacial score (nSPS) is 12.0. The van der Waals surface area contributed by atoms with E-state index in [-0.39, 0.29) is 0 Å². The standard InChI is InChI=1S/3C4H9.C3H7S.Sn/c4*1-3-4-2;/h3*1,3-4H2,2H3;2-3H2,1H3;. The Labute approximate surface area is 119 Å². The van der Waals surface area contributed by atoms with Crippen LogP contribution in [0, 0.1) is 0 Å². The van der Waals surface area contributed by atoms with Crippen molar-refractivity contribution in [2.75, 3.05) is 9.52 Å². The van der Waals surface area contributed by atoms with Gasteiger partial charge in [0.1, 0.15) is 0 Å². The first kappa shape index (κ1) is 18.1. The monoisotopic (exact) mass is 366 g/mol. The fourth-order valence-electron chi connectivity index (χ4n) is 2.57. The summed E-state index contributed by atoms with van der Waals surface area (Å²) < 4.78 is 6.65. The molecule has 0 heterocycles.